The fourth-order valence-corrected chi connectivity index (χ4v) is 1.88. The van der Waals surface area contributed by atoms with Crippen molar-refractivity contribution in [2.24, 2.45) is 0 Å². The Kier molecular flexibility index (Phi) is 4.63. The fraction of sp³-hybridized carbons (Fsp3) is 0.182. The van der Waals surface area contributed by atoms with Gasteiger partial charge in [0.15, 0.2) is 0 Å². The number of carboxylic acid groups (broad SMARTS) is 1. The number of carboxylic acids is 1. The fourth-order valence-electron chi connectivity index (χ4n) is 1.26. The van der Waals surface area contributed by atoms with Crippen molar-refractivity contribution >= 4 is 29.2 Å². The van der Waals surface area contributed by atoms with Crippen LogP contribution in [0.2, 0.25) is 10.0 Å². The Bertz CT molecular complexity index is 420. The largest absolute Gasteiger partial charge is 0.480 e. The van der Waals surface area contributed by atoms with Crippen LogP contribution in [0.25, 0.3) is 0 Å². The number of terminal acetylenes is 1. The summed E-state index contributed by atoms with van der Waals surface area (Å²) in [6.45, 7) is 0.124. The van der Waals surface area contributed by atoms with Crippen LogP contribution in [-0.2, 0) is 4.79 Å². The van der Waals surface area contributed by atoms with E-state index in [9.17, 15) is 4.79 Å². The Morgan fingerprint density at radius 3 is 2.50 bits per heavy atom. The van der Waals surface area contributed by atoms with E-state index in [1.54, 1.807) is 18.2 Å². The first-order chi connectivity index (χ1) is 7.57. The number of halogens is 2. The second-order valence-electron chi connectivity index (χ2n) is 2.99. The van der Waals surface area contributed by atoms with Gasteiger partial charge in [-0.05, 0) is 12.1 Å². The third-order valence-electron chi connectivity index (χ3n) is 1.94. The normalized spacial score (nSPS) is 11.8. The van der Waals surface area contributed by atoms with Gasteiger partial charge in [0.1, 0.15) is 6.04 Å². The SMILES string of the molecule is C#CCNC(C(=O)O)c1c(Cl)cccc1Cl. The standard InChI is InChI=1S/C11H9Cl2NO2/c1-2-6-14-10(11(15)16)9-7(12)4-3-5-8(9)13/h1,3-5,10,14H,6H2,(H,15,16). The van der Waals surface area contributed by atoms with E-state index in [0.29, 0.717) is 15.6 Å². The zero-order valence-electron chi connectivity index (χ0n) is 8.21. The predicted molar refractivity (Wildman–Crippen MR) is 63.7 cm³/mol. The summed E-state index contributed by atoms with van der Waals surface area (Å²) in [5.41, 5.74) is 0.327. The third kappa shape index (κ3) is 2.89. The van der Waals surface area contributed by atoms with Crippen molar-refractivity contribution in [1.82, 2.24) is 5.32 Å². The zero-order chi connectivity index (χ0) is 12.1. The number of carbonyl (C=O) groups is 1. The molecule has 0 spiro atoms. The first-order valence-corrected chi connectivity index (χ1v) is 5.17. The molecule has 3 nitrogen and oxygen atoms in total. The monoisotopic (exact) mass is 257 g/mol. The van der Waals surface area contributed by atoms with Gasteiger partial charge in [0.05, 0.1) is 6.54 Å². The average Bonchev–Trinajstić information content (AvgIpc) is 2.21. The van der Waals surface area contributed by atoms with E-state index in [-0.39, 0.29) is 6.54 Å². The summed E-state index contributed by atoms with van der Waals surface area (Å²) in [6.07, 6.45) is 5.06. The molecule has 1 rings (SSSR count). The molecule has 0 aliphatic carbocycles. The minimum atomic E-state index is -1.08. The lowest BCUT2D eigenvalue weighted by Gasteiger charge is -2.15. The van der Waals surface area contributed by atoms with Crippen molar-refractivity contribution in [3.05, 3.63) is 33.8 Å². The molecule has 0 heterocycles. The molecule has 1 atom stereocenters. The van der Waals surface area contributed by atoms with Crippen LogP contribution in [0.15, 0.2) is 18.2 Å². The molecule has 5 heteroatoms. The molecule has 0 fully saturated rings. The maximum Gasteiger partial charge on any atom is 0.325 e. The van der Waals surface area contributed by atoms with E-state index in [0.717, 1.165) is 0 Å². The highest BCUT2D eigenvalue weighted by Crippen LogP contribution is 2.30. The van der Waals surface area contributed by atoms with Crippen LogP contribution < -0.4 is 5.32 Å². The van der Waals surface area contributed by atoms with Crippen molar-refractivity contribution in [2.45, 2.75) is 6.04 Å². The Morgan fingerprint density at radius 1 is 1.50 bits per heavy atom. The van der Waals surface area contributed by atoms with Crippen molar-refractivity contribution in [1.29, 1.82) is 0 Å². The van der Waals surface area contributed by atoms with Gasteiger partial charge >= 0.3 is 5.97 Å². The van der Waals surface area contributed by atoms with Gasteiger partial charge in [0.2, 0.25) is 0 Å². The average molecular weight is 258 g/mol. The summed E-state index contributed by atoms with van der Waals surface area (Å²) in [6, 6.07) is 3.80. The maximum absolute atomic E-state index is 11.1. The van der Waals surface area contributed by atoms with E-state index >= 15 is 0 Å². The lowest BCUT2D eigenvalue weighted by atomic mass is 10.1. The van der Waals surface area contributed by atoms with E-state index in [4.69, 9.17) is 34.7 Å². The van der Waals surface area contributed by atoms with Crippen LogP contribution in [0.5, 0.6) is 0 Å². The number of hydrogen-bond donors (Lipinski definition) is 2. The van der Waals surface area contributed by atoms with Gasteiger partial charge < -0.3 is 5.11 Å². The van der Waals surface area contributed by atoms with Crippen LogP contribution in [-0.4, -0.2) is 17.6 Å². The van der Waals surface area contributed by atoms with Crippen molar-refractivity contribution < 1.29 is 9.90 Å². The van der Waals surface area contributed by atoms with Gasteiger partial charge in [-0.1, -0.05) is 35.2 Å². The Labute approximate surface area is 103 Å². The van der Waals surface area contributed by atoms with E-state index in [2.05, 4.69) is 11.2 Å². The first kappa shape index (κ1) is 12.9. The van der Waals surface area contributed by atoms with Crippen molar-refractivity contribution in [2.75, 3.05) is 6.54 Å². The lowest BCUT2D eigenvalue weighted by Crippen LogP contribution is -2.29. The molecule has 2 N–H and O–H groups in total. The molecule has 16 heavy (non-hydrogen) atoms. The summed E-state index contributed by atoms with van der Waals surface area (Å²) in [5, 5.41) is 12.3. The quantitative estimate of drug-likeness (QED) is 0.815. The van der Waals surface area contributed by atoms with Gasteiger partial charge in [-0.15, -0.1) is 6.42 Å². The highest BCUT2D eigenvalue weighted by atomic mass is 35.5. The number of aliphatic carboxylic acids is 1. The van der Waals surface area contributed by atoms with Crippen LogP contribution in [0.1, 0.15) is 11.6 Å². The second kappa shape index (κ2) is 5.76. The molecule has 0 saturated heterocycles. The van der Waals surface area contributed by atoms with E-state index in [1.165, 1.54) is 0 Å². The molecule has 0 radical (unpaired) electrons. The van der Waals surface area contributed by atoms with E-state index < -0.39 is 12.0 Å². The summed E-state index contributed by atoms with van der Waals surface area (Å²) in [7, 11) is 0. The molecule has 1 aromatic carbocycles. The Balaban J connectivity index is 3.11. The molecule has 84 valence electrons. The smallest absolute Gasteiger partial charge is 0.325 e. The first-order valence-electron chi connectivity index (χ1n) is 4.41. The highest BCUT2D eigenvalue weighted by molar-refractivity contribution is 6.36. The van der Waals surface area contributed by atoms with Crippen molar-refractivity contribution in [3.63, 3.8) is 0 Å². The Morgan fingerprint density at radius 2 is 2.06 bits per heavy atom. The van der Waals surface area contributed by atoms with E-state index in [1.807, 2.05) is 0 Å². The van der Waals surface area contributed by atoms with Gasteiger partial charge in [-0.3, -0.25) is 10.1 Å². The number of hydrogen-bond acceptors (Lipinski definition) is 2. The van der Waals surface area contributed by atoms with Crippen LogP contribution in [0.3, 0.4) is 0 Å². The molecular formula is C11H9Cl2NO2. The van der Waals surface area contributed by atoms with Gasteiger partial charge in [0, 0.05) is 15.6 Å². The zero-order valence-corrected chi connectivity index (χ0v) is 9.72. The van der Waals surface area contributed by atoms with Crippen LogP contribution in [0.4, 0.5) is 0 Å². The maximum atomic E-state index is 11.1. The second-order valence-corrected chi connectivity index (χ2v) is 3.81. The topological polar surface area (TPSA) is 49.3 Å². The van der Waals surface area contributed by atoms with Crippen molar-refractivity contribution in [3.8, 4) is 12.3 Å². The number of benzene rings is 1. The summed E-state index contributed by atoms with van der Waals surface area (Å²) in [5.74, 6) is 1.22. The molecule has 1 aromatic rings. The van der Waals surface area contributed by atoms with Crippen LogP contribution >= 0.6 is 23.2 Å². The molecule has 1 unspecified atom stereocenters. The van der Waals surface area contributed by atoms with Gasteiger partial charge in [-0.25, -0.2) is 0 Å². The number of nitrogens with one attached hydrogen (secondary N) is 1. The molecule has 0 bridgehead atoms. The molecular weight excluding hydrogens is 249 g/mol. The lowest BCUT2D eigenvalue weighted by molar-refractivity contribution is -0.139. The minimum absolute atomic E-state index is 0.124. The molecule has 0 aliphatic rings. The highest BCUT2D eigenvalue weighted by Gasteiger charge is 2.23. The van der Waals surface area contributed by atoms with Crippen LogP contribution in [0, 0.1) is 12.3 Å². The molecule has 0 aliphatic heterocycles. The van der Waals surface area contributed by atoms with Gasteiger partial charge in [-0.2, -0.15) is 0 Å². The molecule has 0 saturated carbocycles. The predicted octanol–water partition coefficient (Wildman–Crippen LogP) is 2.34. The molecule has 0 aromatic heterocycles. The molecule has 0 amide bonds. The summed E-state index contributed by atoms with van der Waals surface area (Å²) >= 11 is 11.8. The van der Waals surface area contributed by atoms with Gasteiger partial charge in [0.25, 0.3) is 0 Å². The number of rotatable bonds is 4. The minimum Gasteiger partial charge on any atom is -0.480 e. The summed E-state index contributed by atoms with van der Waals surface area (Å²) < 4.78 is 0. The summed E-state index contributed by atoms with van der Waals surface area (Å²) in [4.78, 5) is 11.1. The third-order valence-corrected chi connectivity index (χ3v) is 2.60. The Hall–Kier alpha value is -1.21.